The van der Waals surface area contributed by atoms with Gasteiger partial charge in [0.25, 0.3) is 0 Å². The highest BCUT2D eigenvalue weighted by atomic mass is 35.5. The molecule has 5 nitrogen and oxygen atoms in total. The van der Waals surface area contributed by atoms with Crippen molar-refractivity contribution in [3.05, 3.63) is 28.2 Å². The number of benzene rings is 1. The Hall–Kier alpha value is -1.01. The van der Waals surface area contributed by atoms with Gasteiger partial charge in [0.05, 0.1) is 16.7 Å². The van der Waals surface area contributed by atoms with Gasteiger partial charge in [0.1, 0.15) is 0 Å². The van der Waals surface area contributed by atoms with Gasteiger partial charge < -0.3 is 15.7 Å². The molecule has 0 spiro atoms. The van der Waals surface area contributed by atoms with E-state index < -0.39 is 0 Å². The van der Waals surface area contributed by atoms with E-state index in [9.17, 15) is 9.90 Å². The Morgan fingerprint density at radius 3 is 2.87 bits per heavy atom. The van der Waals surface area contributed by atoms with E-state index in [2.05, 4.69) is 15.5 Å². The van der Waals surface area contributed by atoms with E-state index in [0.29, 0.717) is 28.3 Å². The first kappa shape index (κ1) is 18.3. The highest BCUT2D eigenvalue weighted by molar-refractivity contribution is 6.42. The Kier molecular flexibility index (Phi) is 7.43. The number of halogens is 2. The van der Waals surface area contributed by atoms with Crippen molar-refractivity contribution in [3.63, 3.8) is 0 Å². The predicted octanol–water partition coefficient (Wildman–Crippen LogP) is 3.35. The number of urea groups is 1. The van der Waals surface area contributed by atoms with Crippen molar-refractivity contribution in [1.82, 2.24) is 10.2 Å². The first-order valence-electron chi connectivity index (χ1n) is 7.95. The molecule has 1 aliphatic rings. The van der Waals surface area contributed by atoms with E-state index in [4.69, 9.17) is 23.2 Å². The Morgan fingerprint density at radius 1 is 1.30 bits per heavy atom. The van der Waals surface area contributed by atoms with Crippen molar-refractivity contribution in [3.8, 4) is 0 Å². The van der Waals surface area contributed by atoms with Crippen LogP contribution in [0, 0.1) is 0 Å². The number of aliphatic hydroxyl groups is 1. The lowest BCUT2D eigenvalue weighted by Gasteiger charge is -2.22. The van der Waals surface area contributed by atoms with Gasteiger partial charge in [-0.05, 0) is 57.0 Å². The molecule has 0 saturated carbocycles. The molecule has 128 valence electrons. The molecule has 1 unspecified atom stereocenters. The fourth-order valence-electron chi connectivity index (χ4n) is 2.79. The minimum atomic E-state index is -0.252. The highest BCUT2D eigenvalue weighted by Gasteiger charge is 2.22. The van der Waals surface area contributed by atoms with E-state index in [1.165, 1.54) is 0 Å². The van der Waals surface area contributed by atoms with Crippen LogP contribution >= 0.6 is 23.2 Å². The number of anilines is 1. The molecule has 7 heteroatoms. The summed E-state index contributed by atoms with van der Waals surface area (Å²) in [6.45, 7) is 2.90. The second kappa shape index (κ2) is 9.33. The lowest BCUT2D eigenvalue weighted by Crippen LogP contribution is -2.34. The number of carbonyl (C=O) groups excluding carboxylic acids is 1. The number of unbranched alkanes of at least 4 members (excludes halogenated alkanes) is 1. The number of hydrogen-bond acceptors (Lipinski definition) is 3. The van der Waals surface area contributed by atoms with Crippen molar-refractivity contribution in [1.29, 1.82) is 0 Å². The highest BCUT2D eigenvalue weighted by Crippen LogP contribution is 2.24. The van der Waals surface area contributed by atoms with Crippen LogP contribution in [0.25, 0.3) is 0 Å². The third kappa shape index (κ3) is 5.84. The summed E-state index contributed by atoms with van der Waals surface area (Å²) in [6.07, 6.45) is 4.16. The Morgan fingerprint density at radius 2 is 2.13 bits per heavy atom. The molecule has 3 N–H and O–H groups in total. The Bertz CT molecular complexity index is 528. The summed E-state index contributed by atoms with van der Waals surface area (Å²) in [5, 5.41) is 15.7. The largest absolute Gasteiger partial charge is 0.395 e. The lowest BCUT2D eigenvalue weighted by molar-refractivity contribution is 0.157. The molecule has 23 heavy (non-hydrogen) atoms. The molecule has 1 aromatic carbocycles. The van der Waals surface area contributed by atoms with Gasteiger partial charge >= 0.3 is 6.03 Å². The molecule has 2 rings (SSSR count). The topological polar surface area (TPSA) is 64.6 Å². The SMILES string of the molecule is O=C(NCCCCN1CCCC1CO)Nc1ccc(Cl)c(Cl)c1. The zero-order valence-corrected chi connectivity index (χ0v) is 14.5. The number of nitrogens with one attached hydrogen (secondary N) is 2. The van der Waals surface area contributed by atoms with Crippen molar-refractivity contribution in [2.75, 3.05) is 31.6 Å². The molecule has 1 saturated heterocycles. The van der Waals surface area contributed by atoms with Crippen molar-refractivity contribution >= 4 is 34.9 Å². The fraction of sp³-hybridized carbons (Fsp3) is 0.562. The van der Waals surface area contributed by atoms with Crippen LogP contribution in [0.4, 0.5) is 10.5 Å². The minimum Gasteiger partial charge on any atom is -0.395 e. The minimum absolute atomic E-state index is 0.240. The van der Waals surface area contributed by atoms with E-state index >= 15 is 0 Å². The van der Waals surface area contributed by atoms with Gasteiger partial charge in [-0.1, -0.05) is 23.2 Å². The summed E-state index contributed by atoms with van der Waals surface area (Å²) >= 11 is 11.7. The number of rotatable bonds is 7. The third-order valence-corrected chi connectivity index (χ3v) is 4.78. The van der Waals surface area contributed by atoms with Crippen LogP contribution in [0.3, 0.4) is 0 Å². The molecular formula is C16H23Cl2N3O2. The maximum absolute atomic E-state index is 11.8. The summed E-state index contributed by atoms with van der Waals surface area (Å²) in [4.78, 5) is 14.1. The molecule has 1 aromatic rings. The van der Waals surface area contributed by atoms with Gasteiger partial charge in [-0.25, -0.2) is 4.79 Å². The molecule has 0 bridgehead atoms. The van der Waals surface area contributed by atoms with Gasteiger partial charge in [0.2, 0.25) is 0 Å². The normalized spacial score (nSPS) is 18.1. The van der Waals surface area contributed by atoms with E-state index in [0.717, 1.165) is 38.8 Å². The van der Waals surface area contributed by atoms with Crippen LogP contribution in [-0.4, -0.2) is 48.3 Å². The molecule has 1 aliphatic heterocycles. The van der Waals surface area contributed by atoms with E-state index in [1.807, 2.05) is 0 Å². The second-order valence-corrected chi connectivity index (χ2v) is 6.55. The summed E-state index contributed by atoms with van der Waals surface area (Å²) in [5.41, 5.74) is 0.611. The predicted molar refractivity (Wildman–Crippen MR) is 94.4 cm³/mol. The van der Waals surface area contributed by atoms with Gasteiger partial charge in [-0.15, -0.1) is 0 Å². The fourth-order valence-corrected chi connectivity index (χ4v) is 3.09. The number of hydrogen-bond donors (Lipinski definition) is 3. The molecule has 1 fully saturated rings. The van der Waals surface area contributed by atoms with Crippen molar-refractivity contribution in [2.45, 2.75) is 31.7 Å². The number of nitrogens with zero attached hydrogens (tertiary/aromatic N) is 1. The summed E-state index contributed by atoms with van der Waals surface area (Å²) in [6, 6.07) is 5.04. The average molecular weight is 360 g/mol. The third-order valence-electron chi connectivity index (χ3n) is 4.04. The standard InChI is InChI=1S/C16H23Cl2N3O2/c17-14-6-5-12(10-15(14)18)20-16(23)19-7-1-2-8-21-9-3-4-13(21)11-22/h5-6,10,13,22H,1-4,7-9,11H2,(H2,19,20,23). The lowest BCUT2D eigenvalue weighted by atomic mass is 10.2. The van der Waals surface area contributed by atoms with Crippen LogP contribution in [0.5, 0.6) is 0 Å². The maximum atomic E-state index is 11.8. The van der Waals surface area contributed by atoms with Crippen molar-refractivity contribution in [2.24, 2.45) is 0 Å². The number of likely N-dealkylation sites (tertiary alicyclic amines) is 1. The van der Waals surface area contributed by atoms with E-state index in [-0.39, 0.29) is 12.6 Å². The van der Waals surface area contributed by atoms with Crippen molar-refractivity contribution < 1.29 is 9.90 Å². The van der Waals surface area contributed by atoms with Gasteiger partial charge in [-0.3, -0.25) is 4.90 Å². The second-order valence-electron chi connectivity index (χ2n) is 5.73. The summed E-state index contributed by atoms with van der Waals surface area (Å²) in [7, 11) is 0. The number of carbonyl (C=O) groups is 1. The van der Waals surface area contributed by atoms with Crippen LogP contribution in [-0.2, 0) is 0 Å². The average Bonchev–Trinajstić information content (AvgIpc) is 2.98. The quantitative estimate of drug-likeness (QED) is 0.654. The Labute approximate surface area is 146 Å². The molecule has 1 heterocycles. The first-order chi connectivity index (χ1) is 11.1. The van der Waals surface area contributed by atoms with E-state index in [1.54, 1.807) is 18.2 Å². The van der Waals surface area contributed by atoms with Crippen LogP contribution in [0.2, 0.25) is 10.0 Å². The summed E-state index contributed by atoms with van der Waals surface area (Å²) in [5.74, 6) is 0. The molecule has 2 amide bonds. The monoisotopic (exact) mass is 359 g/mol. The Balaban J connectivity index is 1.60. The molecule has 1 atom stereocenters. The zero-order valence-electron chi connectivity index (χ0n) is 13.0. The molecule has 0 aromatic heterocycles. The molecular weight excluding hydrogens is 337 g/mol. The van der Waals surface area contributed by atoms with Crippen LogP contribution in [0.15, 0.2) is 18.2 Å². The summed E-state index contributed by atoms with van der Waals surface area (Å²) < 4.78 is 0. The van der Waals surface area contributed by atoms with Crippen LogP contribution in [0.1, 0.15) is 25.7 Å². The van der Waals surface area contributed by atoms with Gasteiger partial charge in [0.15, 0.2) is 0 Å². The number of amides is 2. The van der Waals surface area contributed by atoms with Gasteiger partial charge in [-0.2, -0.15) is 0 Å². The molecule has 0 aliphatic carbocycles. The maximum Gasteiger partial charge on any atom is 0.319 e. The smallest absolute Gasteiger partial charge is 0.319 e. The molecule has 0 radical (unpaired) electrons. The van der Waals surface area contributed by atoms with Crippen LogP contribution < -0.4 is 10.6 Å². The zero-order chi connectivity index (χ0) is 16.7. The first-order valence-corrected chi connectivity index (χ1v) is 8.70. The number of aliphatic hydroxyl groups excluding tert-OH is 1. The van der Waals surface area contributed by atoms with Gasteiger partial charge in [0, 0.05) is 18.3 Å².